The van der Waals surface area contributed by atoms with Gasteiger partial charge in [-0.05, 0) is 6.07 Å². The zero-order chi connectivity index (χ0) is 19.2. The van der Waals surface area contributed by atoms with Gasteiger partial charge in [0.1, 0.15) is 5.75 Å². The van der Waals surface area contributed by atoms with E-state index in [0.29, 0.717) is 0 Å². The average molecular weight is 414 g/mol. The number of nitrogens with one attached hydrogen (secondary N) is 1. The molecule has 0 saturated carbocycles. The molecular formula is C14H15AsN2O8. The van der Waals surface area contributed by atoms with Crippen molar-refractivity contribution in [3.63, 3.8) is 0 Å². The van der Waals surface area contributed by atoms with E-state index in [1.807, 2.05) is 0 Å². The Labute approximate surface area is 144 Å². The van der Waals surface area contributed by atoms with Crippen molar-refractivity contribution in [3.05, 3.63) is 52.6 Å². The molecule has 0 heterocycles. The van der Waals surface area contributed by atoms with Gasteiger partial charge in [-0.2, -0.15) is 0 Å². The van der Waals surface area contributed by atoms with Crippen LogP contribution in [0.3, 0.4) is 0 Å². The van der Waals surface area contributed by atoms with Crippen LogP contribution in [0.4, 0.5) is 11.4 Å². The Hall–Kier alpha value is -2.81. The second-order valence-corrected chi connectivity index (χ2v) is 7.97. The molecule has 0 spiro atoms. The van der Waals surface area contributed by atoms with Gasteiger partial charge in [-0.3, -0.25) is 10.1 Å². The van der Waals surface area contributed by atoms with Gasteiger partial charge in [0.05, 0.1) is 11.0 Å². The molecule has 10 nitrogen and oxygen atoms in total. The Kier molecular flexibility index (Phi) is 6.75. The largest absolute Gasteiger partial charge is 0.508 e. The molecule has 0 atom stereocenters. The number of amides is 1. The normalized spacial score (nSPS) is 10.4. The van der Waals surface area contributed by atoms with Crippen molar-refractivity contribution in [3.8, 4) is 11.5 Å². The molecule has 0 fully saturated rings. The predicted molar refractivity (Wildman–Crippen MR) is 87.7 cm³/mol. The van der Waals surface area contributed by atoms with Crippen LogP contribution in [0.1, 0.15) is 6.92 Å². The van der Waals surface area contributed by atoms with Crippen LogP contribution in [0.15, 0.2) is 42.5 Å². The van der Waals surface area contributed by atoms with E-state index >= 15 is 0 Å². The van der Waals surface area contributed by atoms with Crippen molar-refractivity contribution in [1.82, 2.24) is 0 Å². The van der Waals surface area contributed by atoms with Crippen LogP contribution >= 0.6 is 0 Å². The second kappa shape index (κ2) is 8.33. The van der Waals surface area contributed by atoms with Crippen LogP contribution in [-0.4, -0.2) is 43.4 Å². The summed E-state index contributed by atoms with van der Waals surface area (Å²) in [6.45, 7) is 1.18. The van der Waals surface area contributed by atoms with Gasteiger partial charge in [0.25, 0.3) is 5.69 Å². The van der Waals surface area contributed by atoms with Crippen molar-refractivity contribution in [1.29, 1.82) is 0 Å². The van der Waals surface area contributed by atoms with Crippen LogP contribution in [0.5, 0.6) is 11.5 Å². The molecule has 11 heteroatoms. The number of hydrogen-bond acceptors (Lipinski definition) is 6. The third-order valence-electron chi connectivity index (χ3n) is 2.68. The van der Waals surface area contributed by atoms with Gasteiger partial charge < -0.3 is 5.11 Å². The maximum Gasteiger partial charge on any atom is 0.273 e. The molecule has 2 aromatic rings. The first-order valence-electron chi connectivity index (χ1n) is 6.61. The number of anilines is 1. The molecule has 5 N–H and O–H groups in total. The van der Waals surface area contributed by atoms with Gasteiger partial charge >= 0.3 is 88.1 Å². The summed E-state index contributed by atoms with van der Waals surface area (Å²) in [6, 6.07) is 8.93. The van der Waals surface area contributed by atoms with E-state index in [4.69, 9.17) is 13.3 Å². The average Bonchev–Trinajstić information content (AvgIpc) is 2.48. The Morgan fingerprint density at radius 2 is 1.76 bits per heavy atom. The standard InChI is InChI=1S/C8H10AsNO5.C6H5NO3/c1-5(11)10-8-6(9(13,14)15)3-2-4-7(8)12;8-6-3-1-2-5(4-6)7(9)10/h2-4,12H,1H3,(H,10,11)(H2,13,14,15);1-4,8H. The molecule has 0 bridgehead atoms. The number of nitro benzene ring substituents is 1. The predicted octanol–water partition coefficient (Wildman–Crippen LogP) is 0.212. The van der Waals surface area contributed by atoms with Gasteiger partial charge in [-0.1, -0.05) is 6.07 Å². The molecule has 1 amide bonds. The first-order valence-corrected chi connectivity index (χ1v) is 9.99. The van der Waals surface area contributed by atoms with E-state index in [1.54, 1.807) is 0 Å². The molecule has 0 aliphatic carbocycles. The van der Waals surface area contributed by atoms with Crippen molar-refractivity contribution < 1.29 is 31.9 Å². The van der Waals surface area contributed by atoms with Gasteiger partial charge in [-0.25, -0.2) is 0 Å². The minimum atomic E-state index is -5.14. The number of rotatable bonds is 3. The summed E-state index contributed by atoms with van der Waals surface area (Å²) in [4.78, 5) is 20.3. The smallest absolute Gasteiger partial charge is 0.273 e. The minimum Gasteiger partial charge on any atom is -0.508 e. The fraction of sp³-hybridized carbons (Fsp3) is 0.0714. The first kappa shape index (κ1) is 20.2. The minimum absolute atomic E-state index is 0.0887. The van der Waals surface area contributed by atoms with Crippen LogP contribution in [0.25, 0.3) is 0 Å². The molecule has 0 aromatic heterocycles. The van der Waals surface area contributed by atoms with Crippen molar-refractivity contribution in [2.24, 2.45) is 0 Å². The maximum absolute atomic E-state index is 11.1. The number of benzene rings is 2. The molecule has 2 aromatic carbocycles. The van der Waals surface area contributed by atoms with Crippen molar-refractivity contribution >= 4 is 35.8 Å². The number of carbonyl (C=O) groups is 1. The molecule has 0 radical (unpaired) electrons. The third-order valence-corrected chi connectivity index (χ3v) is 4.77. The fourth-order valence-electron chi connectivity index (χ4n) is 1.68. The molecule has 0 aliphatic rings. The number of carbonyl (C=O) groups excluding carboxylic acids is 1. The van der Waals surface area contributed by atoms with Crippen molar-refractivity contribution in [2.75, 3.05) is 5.32 Å². The number of phenolic OH excluding ortho intramolecular Hbond substituents is 2. The molecule has 0 aliphatic heterocycles. The van der Waals surface area contributed by atoms with Gasteiger partial charge in [0.2, 0.25) is 0 Å². The Morgan fingerprint density at radius 1 is 1.16 bits per heavy atom. The first-order chi connectivity index (χ1) is 11.5. The van der Waals surface area contributed by atoms with Gasteiger partial charge in [-0.15, -0.1) is 0 Å². The molecule has 25 heavy (non-hydrogen) atoms. The summed E-state index contributed by atoms with van der Waals surface area (Å²) in [5.41, 5.74) is -0.322. The maximum atomic E-state index is 11.1. The monoisotopic (exact) mass is 414 g/mol. The molecule has 134 valence electrons. The van der Waals surface area contributed by atoms with Crippen LogP contribution in [-0.2, 0) is 8.53 Å². The Balaban J connectivity index is 0.000000271. The Bertz CT molecular complexity index is 833. The fourth-order valence-corrected chi connectivity index (χ4v) is 3.24. The third kappa shape index (κ3) is 6.30. The van der Waals surface area contributed by atoms with E-state index in [0.717, 1.165) is 6.07 Å². The zero-order valence-corrected chi connectivity index (χ0v) is 14.7. The van der Waals surface area contributed by atoms with E-state index in [9.17, 15) is 23.8 Å². The van der Waals surface area contributed by atoms with Crippen LogP contribution < -0.4 is 9.67 Å². The van der Waals surface area contributed by atoms with E-state index in [2.05, 4.69) is 5.32 Å². The molecule has 0 saturated heterocycles. The summed E-state index contributed by atoms with van der Waals surface area (Å²) in [7, 11) is 0. The van der Waals surface area contributed by atoms with Crippen LogP contribution in [0, 0.1) is 10.1 Å². The number of para-hydroxylation sites is 1. The van der Waals surface area contributed by atoms with E-state index in [1.165, 1.54) is 43.3 Å². The second-order valence-electron chi connectivity index (χ2n) is 4.67. The Morgan fingerprint density at radius 3 is 2.20 bits per heavy atom. The number of nitro groups is 1. The summed E-state index contributed by atoms with van der Waals surface area (Å²) >= 11 is -5.14. The number of hydrogen-bond donors (Lipinski definition) is 5. The topological polar surface area (TPSA) is 170 Å². The SMILES string of the molecule is CC(=O)Nc1c(O)cccc1[As](=O)(O)O.O=[N+]([O-])c1cccc(O)c1. The van der Waals surface area contributed by atoms with E-state index in [-0.39, 0.29) is 27.2 Å². The zero-order valence-electron chi connectivity index (χ0n) is 12.9. The van der Waals surface area contributed by atoms with Gasteiger partial charge in [0, 0.05) is 6.07 Å². The molecule has 0 unspecified atom stereocenters. The summed E-state index contributed by atoms with van der Waals surface area (Å²) in [5.74, 6) is -0.969. The summed E-state index contributed by atoms with van der Waals surface area (Å²) in [5, 5.41) is 30.3. The van der Waals surface area contributed by atoms with Crippen LogP contribution in [0.2, 0.25) is 0 Å². The van der Waals surface area contributed by atoms with E-state index < -0.39 is 25.0 Å². The number of aromatic hydroxyl groups is 2. The molecular weight excluding hydrogens is 399 g/mol. The number of nitrogens with zero attached hydrogens (tertiary/aromatic N) is 1. The van der Waals surface area contributed by atoms with Gasteiger partial charge in [0.15, 0.2) is 0 Å². The quantitative estimate of drug-likeness (QED) is 0.205. The number of non-ortho nitro benzene ring substituents is 1. The summed E-state index contributed by atoms with van der Waals surface area (Å²) < 4.78 is 28.8. The van der Waals surface area contributed by atoms with Crippen molar-refractivity contribution in [2.45, 2.75) is 6.92 Å². The number of phenols is 2. The summed E-state index contributed by atoms with van der Waals surface area (Å²) in [6.07, 6.45) is 0. The molecule has 2 rings (SSSR count).